The molecule has 0 atom stereocenters. The van der Waals surface area contributed by atoms with Crippen LogP contribution in [0.25, 0.3) is 16.0 Å². The van der Waals surface area contributed by atoms with Crippen molar-refractivity contribution >= 4 is 27.3 Å². The molecule has 15 heavy (non-hydrogen) atoms. The third kappa shape index (κ3) is 1.10. The predicted octanol–water partition coefficient (Wildman–Crippen LogP) is 1.61. The third-order valence-corrected chi connectivity index (χ3v) is 3.25. The van der Waals surface area contributed by atoms with Gasteiger partial charge in [-0.2, -0.15) is 4.98 Å². The molecule has 0 aliphatic rings. The van der Waals surface area contributed by atoms with Gasteiger partial charge in [0.05, 0.1) is 5.39 Å². The van der Waals surface area contributed by atoms with Gasteiger partial charge in [0.25, 0.3) is 5.56 Å². The Morgan fingerprint density at radius 3 is 3.20 bits per heavy atom. The molecule has 0 saturated carbocycles. The summed E-state index contributed by atoms with van der Waals surface area (Å²) < 4.78 is 1.90. The Bertz CT molecular complexity index is 713. The predicted molar refractivity (Wildman–Crippen MR) is 59.4 cm³/mol. The zero-order chi connectivity index (χ0) is 10.4. The summed E-state index contributed by atoms with van der Waals surface area (Å²) in [5.74, 6) is 0. The van der Waals surface area contributed by atoms with Crippen LogP contribution in [-0.4, -0.2) is 14.4 Å². The number of thiazole rings is 1. The van der Waals surface area contributed by atoms with E-state index in [0.29, 0.717) is 16.0 Å². The fourth-order valence-corrected chi connectivity index (χ4v) is 2.47. The minimum absolute atomic E-state index is 0.208. The number of aryl methyl sites for hydroxylation is 1. The molecule has 5 heteroatoms. The topological polar surface area (TPSA) is 47.3 Å². The maximum atomic E-state index is 11.6. The fraction of sp³-hybridized carbons (Fsp3) is 0.100. The first kappa shape index (κ1) is 8.55. The van der Waals surface area contributed by atoms with E-state index in [4.69, 9.17) is 0 Å². The van der Waals surface area contributed by atoms with Crippen molar-refractivity contribution in [3.63, 3.8) is 0 Å². The lowest BCUT2D eigenvalue weighted by Gasteiger charge is -2.00. The number of hydrogen-bond donors (Lipinski definition) is 0. The van der Waals surface area contributed by atoms with Crippen LogP contribution in [0.2, 0.25) is 0 Å². The van der Waals surface area contributed by atoms with Gasteiger partial charge >= 0.3 is 0 Å². The minimum atomic E-state index is -0.208. The monoisotopic (exact) mass is 217 g/mol. The minimum Gasteiger partial charge on any atom is -0.273 e. The van der Waals surface area contributed by atoms with E-state index in [-0.39, 0.29) is 5.56 Å². The summed E-state index contributed by atoms with van der Waals surface area (Å²) in [6.45, 7) is 1.98. The highest BCUT2D eigenvalue weighted by Crippen LogP contribution is 2.16. The van der Waals surface area contributed by atoms with Gasteiger partial charge in [-0.15, -0.1) is 11.3 Å². The first-order valence-electron chi connectivity index (χ1n) is 4.49. The SMILES string of the molecule is Cc1csc2nc(=O)c3cccnc3n12. The zero-order valence-corrected chi connectivity index (χ0v) is 8.78. The highest BCUT2D eigenvalue weighted by atomic mass is 32.1. The molecule has 74 valence electrons. The maximum absolute atomic E-state index is 11.6. The average molecular weight is 217 g/mol. The highest BCUT2D eigenvalue weighted by Gasteiger charge is 2.08. The molecule has 0 aliphatic heterocycles. The number of aromatic nitrogens is 3. The van der Waals surface area contributed by atoms with E-state index in [1.807, 2.05) is 16.7 Å². The van der Waals surface area contributed by atoms with Gasteiger partial charge in [-0.3, -0.25) is 9.20 Å². The summed E-state index contributed by atoms with van der Waals surface area (Å²) >= 11 is 1.45. The van der Waals surface area contributed by atoms with E-state index in [0.717, 1.165) is 5.69 Å². The first-order valence-corrected chi connectivity index (χ1v) is 5.37. The van der Waals surface area contributed by atoms with E-state index >= 15 is 0 Å². The lowest BCUT2D eigenvalue weighted by atomic mass is 10.3. The summed E-state index contributed by atoms with van der Waals surface area (Å²) in [5.41, 5.74) is 1.53. The van der Waals surface area contributed by atoms with Crippen molar-refractivity contribution in [2.45, 2.75) is 6.92 Å². The number of nitrogens with zero attached hydrogens (tertiary/aromatic N) is 3. The van der Waals surface area contributed by atoms with Crippen molar-refractivity contribution in [2.75, 3.05) is 0 Å². The lowest BCUT2D eigenvalue weighted by molar-refractivity contribution is 1.08. The molecule has 0 N–H and O–H groups in total. The zero-order valence-electron chi connectivity index (χ0n) is 7.97. The first-order chi connectivity index (χ1) is 7.27. The van der Waals surface area contributed by atoms with Crippen molar-refractivity contribution in [2.24, 2.45) is 0 Å². The van der Waals surface area contributed by atoms with Crippen LogP contribution < -0.4 is 5.56 Å². The molecule has 0 bridgehead atoms. The second-order valence-corrected chi connectivity index (χ2v) is 4.12. The standard InChI is InChI=1S/C10H7N3OS/c1-6-5-15-10-12-9(14)7-3-2-4-11-8(7)13(6)10/h2-5H,1H3. The number of pyridine rings is 1. The Balaban J connectivity index is 2.74. The molecule has 3 heterocycles. The van der Waals surface area contributed by atoms with Crippen LogP contribution in [0.3, 0.4) is 0 Å². The van der Waals surface area contributed by atoms with Crippen molar-refractivity contribution in [1.82, 2.24) is 14.4 Å². The van der Waals surface area contributed by atoms with Crippen LogP contribution in [0.15, 0.2) is 28.5 Å². The maximum Gasteiger partial charge on any atom is 0.283 e. The Labute approximate surface area is 88.8 Å². The van der Waals surface area contributed by atoms with Gasteiger partial charge in [-0.25, -0.2) is 4.98 Å². The summed E-state index contributed by atoms with van der Waals surface area (Å²) in [6.07, 6.45) is 1.69. The van der Waals surface area contributed by atoms with Gasteiger partial charge in [0.15, 0.2) is 10.6 Å². The van der Waals surface area contributed by atoms with Crippen LogP contribution in [0.5, 0.6) is 0 Å². The molecular weight excluding hydrogens is 210 g/mol. The molecule has 3 rings (SSSR count). The van der Waals surface area contributed by atoms with Crippen LogP contribution in [0.1, 0.15) is 5.69 Å². The summed E-state index contributed by atoms with van der Waals surface area (Å²) in [4.78, 5) is 20.6. The Morgan fingerprint density at radius 1 is 1.47 bits per heavy atom. The molecule has 0 fully saturated rings. The summed E-state index contributed by atoms with van der Waals surface area (Å²) in [7, 11) is 0. The second kappa shape index (κ2) is 2.87. The second-order valence-electron chi connectivity index (χ2n) is 3.29. The van der Waals surface area contributed by atoms with E-state index in [9.17, 15) is 4.79 Å². The molecular formula is C10H7N3OS. The van der Waals surface area contributed by atoms with Crippen LogP contribution in [-0.2, 0) is 0 Å². The molecule has 3 aromatic heterocycles. The molecule has 3 aromatic rings. The van der Waals surface area contributed by atoms with Gasteiger partial charge in [0.2, 0.25) is 0 Å². The number of rotatable bonds is 0. The molecule has 0 amide bonds. The van der Waals surface area contributed by atoms with Gasteiger partial charge in [0.1, 0.15) is 0 Å². The number of fused-ring (bicyclic) bond motifs is 3. The normalized spacial score (nSPS) is 11.3. The van der Waals surface area contributed by atoms with Crippen molar-refractivity contribution in [3.8, 4) is 0 Å². The van der Waals surface area contributed by atoms with E-state index in [1.54, 1.807) is 18.3 Å². The van der Waals surface area contributed by atoms with Crippen LogP contribution >= 0.6 is 11.3 Å². The summed E-state index contributed by atoms with van der Waals surface area (Å²) in [6, 6.07) is 3.50. The molecule has 0 aromatic carbocycles. The lowest BCUT2D eigenvalue weighted by Crippen LogP contribution is -2.10. The van der Waals surface area contributed by atoms with Crippen molar-refractivity contribution in [1.29, 1.82) is 0 Å². The Kier molecular flexibility index (Phi) is 1.63. The van der Waals surface area contributed by atoms with Gasteiger partial charge in [-0.05, 0) is 19.1 Å². The smallest absolute Gasteiger partial charge is 0.273 e. The van der Waals surface area contributed by atoms with Crippen LogP contribution in [0, 0.1) is 6.92 Å². The summed E-state index contributed by atoms with van der Waals surface area (Å²) in [5, 5.41) is 2.53. The average Bonchev–Trinajstić information content (AvgIpc) is 2.61. The van der Waals surface area contributed by atoms with E-state index in [2.05, 4.69) is 9.97 Å². The number of hydrogen-bond acceptors (Lipinski definition) is 4. The molecule has 4 nitrogen and oxygen atoms in total. The molecule has 0 radical (unpaired) electrons. The third-order valence-electron chi connectivity index (χ3n) is 2.30. The van der Waals surface area contributed by atoms with E-state index in [1.165, 1.54) is 11.3 Å². The highest BCUT2D eigenvalue weighted by molar-refractivity contribution is 7.15. The largest absolute Gasteiger partial charge is 0.283 e. The Hall–Kier alpha value is -1.75. The van der Waals surface area contributed by atoms with Gasteiger partial charge < -0.3 is 0 Å². The molecule has 0 unspecified atom stereocenters. The van der Waals surface area contributed by atoms with Gasteiger partial charge in [-0.1, -0.05) is 0 Å². The fourth-order valence-electron chi connectivity index (χ4n) is 1.62. The quantitative estimate of drug-likeness (QED) is 0.574. The molecule has 0 saturated heterocycles. The van der Waals surface area contributed by atoms with E-state index < -0.39 is 0 Å². The Morgan fingerprint density at radius 2 is 2.33 bits per heavy atom. The van der Waals surface area contributed by atoms with Gasteiger partial charge in [0, 0.05) is 17.3 Å². The van der Waals surface area contributed by atoms with Crippen molar-refractivity contribution < 1.29 is 0 Å². The molecule has 0 spiro atoms. The van der Waals surface area contributed by atoms with Crippen LogP contribution in [0.4, 0.5) is 0 Å². The van der Waals surface area contributed by atoms with Crippen molar-refractivity contribution in [3.05, 3.63) is 39.8 Å². The molecule has 0 aliphatic carbocycles.